The lowest BCUT2D eigenvalue weighted by Crippen LogP contribution is -2.49. The van der Waals surface area contributed by atoms with Crippen LogP contribution in [0.3, 0.4) is 0 Å². The Balaban J connectivity index is 1.58. The van der Waals surface area contributed by atoms with E-state index in [4.69, 9.17) is 10.5 Å². The van der Waals surface area contributed by atoms with Crippen LogP contribution in [0.2, 0.25) is 0 Å². The largest absolute Gasteiger partial charge is 0.465 e. The van der Waals surface area contributed by atoms with E-state index in [1.165, 1.54) is 18.4 Å². The molecule has 0 spiro atoms. The van der Waals surface area contributed by atoms with E-state index < -0.39 is 36.1 Å². The van der Waals surface area contributed by atoms with E-state index in [2.05, 4.69) is 31.6 Å². The maximum absolute atomic E-state index is 13.5. The zero-order valence-electron chi connectivity index (χ0n) is 18.2. The fraction of sp³-hybridized carbons (Fsp3) is 0.429. The number of anilines is 1. The van der Waals surface area contributed by atoms with Gasteiger partial charge >= 0.3 is 12.8 Å². The van der Waals surface area contributed by atoms with Gasteiger partial charge in [0.2, 0.25) is 0 Å². The highest BCUT2D eigenvalue weighted by atomic mass is 32.1. The second kappa shape index (κ2) is 9.06. The zero-order chi connectivity index (χ0) is 25.5. The molecule has 0 saturated heterocycles. The molecule has 0 aromatic carbocycles. The summed E-state index contributed by atoms with van der Waals surface area (Å²) in [6.45, 7) is 2.06. The molecule has 188 valence electrons. The molecule has 1 saturated carbocycles. The SMILES string of the molecule is C=C1C[C@]2(c3nc(NC(=O)c4ncc(OC(F)F)cc4C)cs3)N=C(N)OC[C@@H]2C[C@@H]1C(F)(F)F. The van der Waals surface area contributed by atoms with E-state index >= 15 is 0 Å². The van der Waals surface area contributed by atoms with Crippen molar-refractivity contribution in [3.8, 4) is 5.75 Å². The van der Waals surface area contributed by atoms with Crippen molar-refractivity contribution in [1.29, 1.82) is 0 Å². The number of nitrogens with zero attached hydrogens (tertiary/aromatic N) is 3. The minimum atomic E-state index is -4.45. The summed E-state index contributed by atoms with van der Waals surface area (Å²) in [5, 5.41) is 4.44. The number of carbonyl (C=O) groups is 1. The van der Waals surface area contributed by atoms with Crippen LogP contribution >= 0.6 is 11.3 Å². The summed E-state index contributed by atoms with van der Waals surface area (Å²) in [5.74, 6) is -3.07. The van der Waals surface area contributed by atoms with Crippen LogP contribution in [0.4, 0.5) is 27.8 Å². The number of aliphatic imine (C=N–C) groups is 1. The number of halogens is 5. The predicted molar refractivity (Wildman–Crippen MR) is 116 cm³/mol. The lowest BCUT2D eigenvalue weighted by atomic mass is 9.67. The van der Waals surface area contributed by atoms with Crippen LogP contribution in [0.1, 0.15) is 33.9 Å². The third-order valence-electron chi connectivity index (χ3n) is 5.93. The molecule has 2 aromatic heterocycles. The van der Waals surface area contributed by atoms with Gasteiger partial charge in [-0.2, -0.15) is 22.0 Å². The first-order valence-electron chi connectivity index (χ1n) is 10.3. The molecule has 3 heterocycles. The van der Waals surface area contributed by atoms with Gasteiger partial charge in [0, 0.05) is 17.7 Å². The Morgan fingerprint density at radius 1 is 1.43 bits per heavy atom. The fourth-order valence-electron chi connectivity index (χ4n) is 4.33. The van der Waals surface area contributed by atoms with Gasteiger partial charge in [-0.3, -0.25) is 4.79 Å². The smallest absolute Gasteiger partial charge is 0.395 e. The second-order valence-corrected chi connectivity index (χ2v) is 9.11. The Labute approximate surface area is 200 Å². The first-order chi connectivity index (χ1) is 16.4. The van der Waals surface area contributed by atoms with E-state index in [1.807, 2.05) is 0 Å². The number of carbonyl (C=O) groups excluding carboxylic acids is 1. The lowest BCUT2D eigenvalue weighted by Gasteiger charge is -2.46. The third-order valence-corrected chi connectivity index (χ3v) is 6.94. The number of fused-ring (bicyclic) bond motifs is 1. The first kappa shape index (κ1) is 24.8. The quantitative estimate of drug-likeness (QED) is 0.450. The maximum atomic E-state index is 13.5. The average molecular weight is 517 g/mol. The van der Waals surface area contributed by atoms with Gasteiger partial charge in [-0.15, -0.1) is 11.3 Å². The molecule has 2 aromatic rings. The van der Waals surface area contributed by atoms with Crippen molar-refractivity contribution in [3.05, 3.63) is 46.1 Å². The summed E-state index contributed by atoms with van der Waals surface area (Å²) >= 11 is 1.11. The summed E-state index contributed by atoms with van der Waals surface area (Å²) < 4.78 is 74.8. The Morgan fingerprint density at radius 2 is 2.17 bits per heavy atom. The van der Waals surface area contributed by atoms with Crippen LogP contribution in [-0.4, -0.2) is 41.3 Å². The lowest BCUT2D eigenvalue weighted by molar-refractivity contribution is -0.177. The summed E-state index contributed by atoms with van der Waals surface area (Å²) in [5.41, 5.74) is 4.80. The number of nitrogens with two attached hydrogens (primary N) is 1. The molecule has 1 aliphatic heterocycles. The summed E-state index contributed by atoms with van der Waals surface area (Å²) in [7, 11) is 0. The molecule has 1 fully saturated rings. The fourth-order valence-corrected chi connectivity index (χ4v) is 5.31. The van der Waals surface area contributed by atoms with Crippen LogP contribution in [0.25, 0.3) is 0 Å². The first-order valence-corrected chi connectivity index (χ1v) is 11.2. The Morgan fingerprint density at radius 3 is 2.83 bits per heavy atom. The molecule has 1 aliphatic carbocycles. The normalized spacial score (nSPS) is 24.4. The van der Waals surface area contributed by atoms with Crippen molar-refractivity contribution >= 4 is 29.1 Å². The van der Waals surface area contributed by atoms with Gasteiger partial charge in [-0.25, -0.2) is 15.0 Å². The molecular weight excluding hydrogens is 497 g/mol. The van der Waals surface area contributed by atoms with Crippen LogP contribution < -0.4 is 15.8 Å². The van der Waals surface area contributed by atoms with Crippen molar-refractivity contribution in [1.82, 2.24) is 9.97 Å². The number of ether oxygens (including phenoxy) is 2. The summed E-state index contributed by atoms with van der Waals surface area (Å²) in [6, 6.07) is 1.08. The highest BCUT2D eigenvalue weighted by Gasteiger charge is 2.56. The predicted octanol–water partition coefficient (Wildman–Crippen LogP) is 4.39. The van der Waals surface area contributed by atoms with Gasteiger partial charge < -0.3 is 20.5 Å². The Hall–Kier alpha value is -3.29. The van der Waals surface area contributed by atoms with Crippen LogP contribution in [-0.2, 0) is 10.3 Å². The number of amides is 1. The number of alkyl halides is 5. The third kappa shape index (κ3) is 4.92. The number of pyridine rings is 1. The number of aromatic nitrogens is 2. The number of hydrogen-bond acceptors (Lipinski definition) is 8. The number of aryl methyl sites for hydroxylation is 1. The topological polar surface area (TPSA) is 112 Å². The van der Waals surface area contributed by atoms with Crippen molar-refractivity contribution in [2.75, 3.05) is 11.9 Å². The summed E-state index contributed by atoms with van der Waals surface area (Å²) in [4.78, 5) is 25.3. The summed E-state index contributed by atoms with van der Waals surface area (Å²) in [6.07, 6.45) is -3.86. The van der Waals surface area contributed by atoms with E-state index in [0.717, 1.165) is 17.5 Å². The van der Waals surface area contributed by atoms with Gasteiger partial charge in [0.1, 0.15) is 27.8 Å². The van der Waals surface area contributed by atoms with Gasteiger partial charge in [0.05, 0.1) is 18.7 Å². The average Bonchev–Trinajstić information content (AvgIpc) is 3.21. The molecule has 0 radical (unpaired) electrons. The monoisotopic (exact) mass is 517 g/mol. The van der Waals surface area contributed by atoms with Gasteiger partial charge in [0.25, 0.3) is 11.9 Å². The molecule has 3 N–H and O–H groups in total. The van der Waals surface area contributed by atoms with Crippen LogP contribution in [0, 0.1) is 18.8 Å². The maximum Gasteiger partial charge on any atom is 0.395 e. The Bertz CT molecular complexity index is 1180. The van der Waals surface area contributed by atoms with E-state index in [9.17, 15) is 26.7 Å². The molecular formula is C21H20F5N5O3S. The van der Waals surface area contributed by atoms with Gasteiger partial charge in [0.15, 0.2) is 0 Å². The number of nitrogens with one attached hydrogen (secondary N) is 1. The standard InChI is InChI=1S/C21H20F5N5O3S/c1-9-3-12(34-18(22)23)6-28-15(9)16(32)29-14-8-35-17(30-14)20-5-10(2)13(21(24,25)26)4-11(20)7-33-19(27)31-20/h3,6,8,11,13,18H,2,4-5,7H2,1H3,(H2,27,31)(H,29,32)/t11-,13-,20-/m0/s1. The van der Waals surface area contributed by atoms with Crippen molar-refractivity contribution < 1.29 is 36.2 Å². The molecule has 0 bridgehead atoms. The molecule has 0 unspecified atom stereocenters. The number of thiazole rings is 1. The van der Waals surface area contributed by atoms with Crippen LogP contribution in [0.15, 0.2) is 34.8 Å². The number of hydrogen-bond donors (Lipinski definition) is 2. The minimum Gasteiger partial charge on any atom is -0.465 e. The van der Waals surface area contributed by atoms with Gasteiger partial charge in [-0.1, -0.05) is 12.2 Å². The molecule has 35 heavy (non-hydrogen) atoms. The highest BCUT2D eigenvalue weighted by molar-refractivity contribution is 7.10. The minimum absolute atomic E-state index is 0.0288. The number of amidine groups is 1. The highest BCUT2D eigenvalue weighted by Crippen LogP contribution is 2.54. The molecule has 3 atom stereocenters. The molecule has 2 aliphatic rings. The molecule has 1 amide bonds. The Kier molecular flexibility index (Phi) is 6.42. The molecule has 8 nitrogen and oxygen atoms in total. The van der Waals surface area contributed by atoms with E-state index in [1.54, 1.807) is 0 Å². The zero-order valence-corrected chi connectivity index (χ0v) is 19.1. The van der Waals surface area contributed by atoms with E-state index in [0.29, 0.717) is 10.6 Å². The van der Waals surface area contributed by atoms with Crippen molar-refractivity contribution in [2.45, 2.75) is 38.1 Å². The van der Waals surface area contributed by atoms with Gasteiger partial charge in [-0.05, 0) is 25.0 Å². The van der Waals surface area contributed by atoms with E-state index in [-0.39, 0.29) is 48.3 Å². The second-order valence-electron chi connectivity index (χ2n) is 8.25. The molecule has 4 rings (SSSR count). The number of rotatable bonds is 5. The molecule has 14 heteroatoms. The van der Waals surface area contributed by atoms with Crippen molar-refractivity contribution in [3.63, 3.8) is 0 Å². The van der Waals surface area contributed by atoms with Crippen molar-refractivity contribution in [2.24, 2.45) is 22.6 Å². The van der Waals surface area contributed by atoms with Crippen LogP contribution in [0.5, 0.6) is 5.75 Å².